The topological polar surface area (TPSA) is 110 Å². The lowest BCUT2D eigenvalue weighted by Gasteiger charge is -2.31. The van der Waals surface area contributed by atoms with Gasteiger partial charge in [-0.1, -0.05) is 64.1 Å². The quantitative estimate of drug-likeness (QED) is 0.152. The predicted octanol–water partition coefficient (Wildman–Crippen LogP) is 5.98. The second-order valence-electron chi connectivity index (χ2n) is 13.0. The van der Waals surface area contributed by atoms with Crippen LogP contribution in [0.3, 0.4) is 0 Å². The van der Waals surface area contributed by atoms with E-state index in [1.165, 1.54) is 0 Å². The monoisotopic (exact) mass is 605 g/mol. The molecule has 1 saturated carbocycles. The van der Waals surface area contributed by atoms with E-state index >= 15 is 0 Å². The number of H-pyrrole nitrogens is 2. The summed E-state index contributed by atoms with van der Waals surface area (Å²) in [6.45, 7) is 12.0. The van der Waals surface area contributed by atoms with Crippen molar-refractivity contribution in [2.24, 2.45) is 17.8 Å². The van der Waals surface area contributed by atoms with Crippen molar-refractivity contribution in [3.8, 4) is 22.3 Å². The lowest BCUT2D eigenvalue weighted by Crippen LogP contribution is -2.45. The van der Waals surface area contributed by atoms with Crippen LogP contribution < -0.4 is 5.32 Å². The minimum Gasteiger partial charge on any atom is -0.350 e. The van der Waals surface area contributed by atoms with Crippen LogP contribution >= 0.6 is 0 Å². The molecule has 4 atom stereocenters. The molecule has 9 heteroatoms. The van der Waals surface area contributed by atoms with Crippen LogP contribution in [-0.2, 0) is 22.7 Å². The number of aromatic nitrogens is 4. The van der Waals surface area contributed by atoms with Gasteiger partial charge in [-0.05, 0) is 78.2 Å². The molecule has 0 radical (unpaired) electrons. The van der Waals surface area contributed by atoms with Gasteiger partial charge in [-0.25, -0.2) is 9.97 Å². The summed E-state index contributed by atoms with van der Waals surface area (Å²) in [4.78, 5) is 44.3. The third kappa shape index (κ3) is 6.35. The maximum Gasteiger partial charge on any atom is 0.242 e. The highest BCUT2D eigenvalue weighted by Crippen LogP contribution is 2.42. The number of nitrogens with zero attached hydrogens (tertiary/aromatic N) is 4. The van der Waals surface area contributed by atoms with Crippen LogP contribution in [0.4, 0.5) is 0 Å². The summed E-state index contributed by atoms with van der Waals surface area (Å²) in [7, 11) is 2.19. The fourth-order valence-corrected chi connectivity index (χ4v) is 6.48. The first-order chi connectivity index (χ1) is 21.6. The van der Waals surface area contributed by atoms with Gasteiger partial charge >= 0.3 is 0 Å². The van der Waals surface area contributed by atoms with Crippen LogP contribution in [0.15, 0.2) is 60.7 Å². The van der Waals surface area contributed by atoms with E-state index in [0.29, 0.717) is 24.8 Å². The highest BCUT2D eigenvalue weighted by Gasteiger charge is 2.45. The van der Waals surface area contributed by atoms with Crippen molar-refractivity contribution in [3.05, 3.63) is 72.3 Å². The molecule has 0 saturated heterocycles. The zero-order valence-corrected chi connectivity index (χ0v) is 27.0. The molecule has 2 aromatic heterocycles. The molecule has 1 aliphatic rings. The molecular formula is C36H43N7O2. The van der Waals surface area contributed by atoms with Crippen molar-refractivity contribution < 1.29 is 9.59 Å². The number of fused-ring (bicyclic) bond motifs is 2. The van der Waals surface area contributed by atoms with Gasteiger partial charge in [0, 0.05) is 12.1 Å². The third-order valence-corrected chi connectivity index (χ3v) is 9.72. The van der Waals surface area contributed by atoms with Gasteiger partial charge in [0.1, 0.15) is 11.6 Å². The first-order valence-electron chi connectivity index (χ1n) is 15.9. The van der Waals surface area contributed by atoms with Crippen LogP contribution in [-0.4, -0.2) is 67.7 Å². The minimum absolute atomic E-state index is 0.00820. The highest BCUT2D eigenvalue weighted by atomic mass is 16.2. The van der Waals surface area contributed by atoms with Crippen molar-refractivity contribution >= 4 is 34.4 Å². The van der Waals surface area contributed by atoms with E-state index in [4.69, 9.17) is 9.97 Å². The van der Waals surface area contributed by atoms with Gasteiger partial charge in [0.05, 0.1) is 41.7 Å². The first kappa shape index (κ1) is 30.5. The van der Waals surface area contributed by atoms with Crippen LogP contribution in [0.2, 0.25) is 0 Å². The Morgan fingerprint density at radius 1 is 0.822 bits per heavy atom. The molecule has 3 unspecified atom stereocenters. The number of hydrogen-bond donors (Lipinski definition) is 3. The molecule has 1 fully saturated rings. The number of carbonyl (C=O) groups excluding carboxylic acids is 2. The fraction of sp³-hybridized carbons (Fsp3) is 0.389. The second-order valence-corrected chi connectivity index (χ2v) is 13.0. The summed E-state index contributed by atoms with van der Waals surface area (Å²) in [6.07, 6.45) is 0.550. The van der Waals surface area contributed by atoms with Crippen LogP contribution in [0.25, 0.3) is 44.3 Å². The van der Waals surface area contributed by atoms with Gasteiger partial charge in [0.25, 0.3) is 0 Å². The lowest BCUT2D eigenvalue weighted by molar-refractivity contribution is -0.134. The molecule has 234 valence electrons. The fourth-order valence-electron chi connectivity index (χ4n) is 6.48. The summed E-state index contributed by atoms with van der Waals surface area (Å²) in [5.41, 5.74) is 8.30. The average molecular weight is 606 g/mol. The number of imidazole rings is 2. The number of rotatable bonds is 12. The molecule has 9 nitrogen and oxygen atoms in total. The van der Waals surface area contributed by atoms with Gasteiger partial charge in [0.2, 0.25) is 12.3 Å². The molecule has 0 bridgehead atoms. The summed E-state index contributed by atoms with van der Waals surface area (Å²) >= 11 is 0. The van der Waals surface area contributed by atoms with Crippen molar-refractivity contribution in [2.45, 2.75) is 59.8 Å². The highest BCUT2D eigenvalue weighted by molar-refractivity contribution is 5.85. The van der Waals surface area contributed by atoms with Crippen LogP contribution in [0.5, 0.6) is 0 Å². The Kier molecular flexibility index (Phi) is 8.46. The molecule has 45 heavy (non-hydrogen) atoms. The number of carbonyl (C=O) groups is 2. The molecule has 0 aliphatic heterocycles. The Bertz CT molecular complexity index is 1810. The molecule has 3 N–H and O–H groups in total. The van der Waals surface area contributed by atoms with E-state index in [1.807, 2.05) is 13.0 Å². The SMILES string of the molecule is CC(C)C(C)N(Cc1nc2ccc(-c3ccc(-c4ccc5nc(CN(C)C6C(C)[C@H]6C)[nH]c5c4)cc3)cc2[nH]1)C(=O)CNC=O. The van der Waals surface area contributed by atoms with Gasteiger partial charge in [-0.3, -0.25) is 14.5 Å². The maximum atomic E-state index is 12.8. The second kappa shape index (κ2) is 12.5. The molecule has 1 aliphatic carbocycles. The molecule has 3 aromatic carbocycles. The normalized spacial score (nSPS) is 18.5. The summed E-state index contributed by atoms with van der Waals surface area (Å²) < 4.78 is 0. The number of nitrogens with one attached hydrogen (secondary N) is 3. The Hall–Kier alpha value is -4.50. The molecule has 5 aromatic rings. The van der Waals surface area contributed by atoms with Crippen LogP contribution in [0, 0.1) is 17.8 Å². The summed E-state index contributed by atoms with van der Waals surface area (Å²) in [6, 6.07) is 21.8. The van der Waals surface area contributed by atoms with E-state index in [2.05, 4.69) is 110 Å². The smallest absolute Gasteiger partial charge is 0.242 e. The van der Waals surface area contributed by atoms with E-state index in [0.717, 1.165) is 68.5 Å². The van der Waals surface area contributed by atoms with Gasteiger partial charge < -0.3 is 20.2 Å². The minimum atomic E-state index is -0.137. The Labute approximate surface area is 264 Å². The van der Waals surface area contributed by atoms with Crippen molar-refractivity contribution in [1.82, 2.24) is 35.1 Å². The Morgan fingerprint density at radius 3 is 1.78 bits per heavy atom. The molecule has 0 spiro atoms. The Balaban J connectivity index is 1.17. The standard InChI is InChI=1S/C36H43N7O2/c1-21(2)24(5)43(35(45)17-37-20-44)19-34-39-30-14-12-28(16-32(30)41-34)26-9-7-25(8-10-26)27-11-13-29-31(15-27)40-33(38-29)18-42(6)36-22(3)23(36)4/h7-16,20-24,36H,17-19H2,1-6H3,(H,37,44)(H,38,40)(H,39,41)/t22-,23?,24?,36?/m1/s1. The number of amides is 2. The molecular weight excluding hydrogens is 562 g/mol. The van der Waals surface area contributed by atoms with Crippen molar-refractivity contribution in [2.75, 3.05) is 13.6 Å². The van der Waals surface area contributed by atoms with Gasteiger partial charge in [-0.2, -0.15) is 0 Å². The zero-order chi connectivity index (χ0) is 31.8. The zero-order valence-electron chi connectivity index (χ0n) is 27.0. The number of benzene rings is 3. The van der Waals surface area contributed by atoms with Gasteiger partial charge in [0.15, 0.2) is 0 Å². The van der Waals surface area contributed by atoms with Crippen LogP contribution in [0.1, 0.15) is 46.3 Å². The van der Waals surface area contributed by atoms with Gasteiger partial charge in [-0.15, -0.1) is 0 Å². The van der Waals surface area contributed by atoms with Crippen molar-refractivity contribution in [3.63, 3.8) is 0 Å². The van der Waals surface area contributed by atoms with E-state index < -0.39 is 0 Å². The summed E-state index contributed by atoms with van der Waals surface area (Å²) in [5, 5.41) is 2.49. The molecule has 2 heterocycles. The Morgan fingerprint density at radius 2 is 1.31 bits per heavy atom. The van der Waals surface area contributed by atoms with E-state index in [1.54, 1.807) is 4.90 Å². The third-order valence-electron chi connectivity index (χ3n) is 9.72. The largest absolute Gasteiger partial charge is 0.350 e. The average Bonchev–Trinajstić information content (AvgIpc) is 3.33. The first-order valence-corrected chi connectivity index (χ1v) is 15.9. The number of hydrogen-bond acceptors (Lipinski definition) is 5. The van der Waals surface area contributed by atoms with E-state index in [-0.39, 0.29) is 24.4 Å². The van der Waals surface area contributed by atoms with E-state index in [9.17, 15) is 9.59 Å². The summed E-state index contributed by atoms with van der Waals surface area (Å²) in [5.74, 6) is 3.34. The molecule has 2 amide bonds. The predicted molar refractivity (Wildman–Crippen MR) is 179 cm³/mol. The van der Waals surface area contributed by atoms with Crippen molar-refractivity contribution in [1.29, 1.82) is 0 Å². The lowest BCUT2D eigenvalue weighted by atomic mass is 10.00. The maximum absolute atomic E-state index is 12.8. The number of aromatic amines is 2. The molecule has 6 rings (SSSR count).